The fraction of sp³-hybridized carbons (Fsp3) is 0.375. The lowest BCUT2D eigenvalue weighted by atomic mass is 10.1. The van der Waals surface area contributed by atoms with E-state index in [1.165, 1.54) is 19.1 Å². The summed E-state index contributed by atoms with van der Waals surface area (Å²) in [5, 5.41) is 11.8. The van der Waals surface area contributed by atoms with Crippen molar-refractivity contribution in [2.24, 2.45) is 10.7 Å². The van der Waals surface area contributed by atoms with Crippen molar-refractivity contribution in [3.05, 3.63) is 52.3 Å². The van der Waals surface area contributed by atoms with Gasteiger partial charge < -0.3 is 30.6 Å². The lowest BCUT2D eigenvalue weighted by Crippen LogP contribution is -2.38. The van der Waals surface area contributed by atoms with Gasteiger partial charge in [-0.25, -0.2) is 19.5 Å². The highest BCUT2D eigenvalue weighted by molar-refractivity contribution is 6.05. The number of esters is 1. The van der Waals surface area contributed by atoms with E-state index in [4.69, 9.17) is 15.6 Å². The number of hydrogen-bond acceptors (Lipinski definition) is 8. The zero-order chi connectivity index (χ0) is 27.0. The Morgan fingerprint density at radius 3 is 2.50 bits per heavy atom. The number of aliphatic imine (C=N–C) groups is 1. The van der Waals surface area contributed by atoms with Crippen LogP contribution in [0.4, 0.5) is 10.5 Å². The molecule has 1 unspecified atom stereocenters. The van der Waals surface area contributed by atoms with E-state index >= 15 is 0 Å². The minimum absolute atomic E-state index is 0.0130. The van der Waals surface area contributed by atoms with Gasteiger partial charge in [-0.05, 0) is 57.9 Å². The fourth-order valence-electron chi connectivity index (χ4n) is 3.15. The van der Waals surface area contributed by atoms with Crippen LogP contribution < -0.4 is 11.1 Å². The van der Waals surface area contributed by atoms with E-state index in [1.54, 1.807) is 33.0 Å². The molecule has 0 bridgehead atoms. The molecule has 0 saturated heterocycles. The average Bonchev–Trinajstić information content (AvgIpc) is 3.22. The normalized spacial score (nSPS) is 12.0. The second kappa shape index (κ2) is 12.5. The maximum absolute atomic E-state index is 13.0. The van der Waals surface area contributed by atoms with E-state index in [1.807, 2.05) is 6.92 Å². The first kappa shape index (κ1) is 28.1. The zero-order valence-corrected chi connectivity index (χ0v) is 20.9. The van der Waals surface area contributed by atoms with Crippen LogP contribution >= 0.6 is 0 Å². The summed E-state index contributed by atoms with van der Waals surface area (Å²) in [5.74, 6) is -1.75. The molecule has 1 atom stereocenters. The Bertz CT molecular complexity index is 1170. The molecule has 0 aliphatic carbocycles. The van der Waals surface area contributed by atoms with Crippen LogP contribution in [0, 0.1) is 13.8 Å². The van der Waals surface area contributed by atoms with Crippen molar-refractivity contribution in [1.82, 2.24) is 15.2 Å². The SMILES string of the molecule is CCNC(=O)c1c[nH]c(C(N)=Nc2cc(C(=O)N(CC)C(=O)OCOC(=O)C(C)O)ccc2C)c1C. The van der Waals surface area contributed by atoms with Crippen molar-refractivity contribution >= 4 is 35.4 Å². The van der Waals surface area contributed by atoms with Crippen molar-refractivity contribution in [2.45, 2.75) is 40.7 Å². The average molecular weight is 502 g/mol. The highest BCUT2D eigenvalue weighted by atomic mass is 16.7. The van der Waals surface area contributed by atoms with Gasteiger partial charge in [0.05, 0.1) is 16.9 Å². The molecule has 36 heavy (non-hydrogen) atoms. The van der Waals surface area contributed by atoms with Crippen LogP contribution in [0.2, 0.25) is 0 Å². The number of ether oxygens (including phenoxy) is 2. The summed E-state index contributed by atoms with van der Waals surface area (Å²) in [7, 11) is 0. The summed E-state index contributed by atoms with van der Waals surface area (Å²) in [5.41, 5.74) is 9.01. The molecule has 0 fully saturated rings. The number of hydrogen-bond donors (Lipinski definition) is 4. The maximum Gasteiger partial charge on any atom is 0.419 e. The molecule has 2 rings (SSSR count). The van der Waals surface area contributed by atoms with Gasteiger partial charge >= 0.3 is 12.1 Å². The Hall–Kier alpha value is -4.19. The van der Waals surface area contributed by atoms with Gasteiger partial charge in [0.25, 0.3) is 11.8 Å². The molecule has 1 heterocycles. The van der Waals surface area contributed by atoms with Gasteiger partial charge in [0.2, 0.25) is 6.79 Å². The van der Waals surface area contributed by atoms with E-state index in [2.05, 4.69) is 20.0 Å². The number of aryl methyl sites for hydroxylation is 1. The molecule has 0 saturated carbocycles. The van der Waals surface area contributed by atoms with Gasteiger partial charge in [-0.15, -0.1) is 0 Å². The maximum atomic E-state index is 13.0. The number of carbonyl (C=O) groups is 4. The Balaban J connectivity index is 2.24. The van der Waals surface area contributed by atoms with Crippen molar-refractivity contribution in [3.63, 3.8) is 0 Å². The number of nitrogens with zero attached hydrogens (tertiary/aromatic N) is 2. The summed E-state index contributed by atoms with van der Waals surface area (Å²) in [6.07, 6.45) is -0.846. The molecular formula is C24H31N5O7. The van der Waals surface area contributed by atoms with Crippen LogP contribution in [0.1, 0.15) is 58.3 Å². The second-order valence-corrected chi connectivity index (χ2v) is 7.78. The predicted molar refractivity (Wildman–Crippen MR) is 131 cm³/mol. The quantitative estimate of drug-likeness (QED) is 0.174. The lowest BCUT2D eigenvalue weighted by molar-refractivity contribution is -0.161. The third kappa shape index (κ3) is 6.69. The van der Waals surface area contributed by atoms with E-state index in [0.29, 0.717) is 29.1 Å². The number of H-pyrrole nitrogens is 1. The third-order valence-electron chi connectivity index (χ3n) is 5.18. The Kier molecular flexibility index (Phi) is 9.74. The number of carbonyl (C=O) groups excluding carboxylic acids is 4. The molecule has 1 aromatic heterocycles. The number of rotatable bonds is 9. The first-order valence-corrected chi connectivity index (χ1v) is 11.3. The van der Waals surface area contributed by atoms with Gasteiger partial charge in [-0.3, -0.25) is 9.59 Å². The number of aromatic amines is 1. The second-order valence-electron chi connectivity index (χ2n) is 7.78. The van der Waals surface area contributed by atoms with Gasteiger partial charge in [-0.2, -0.15) is 0 Å². The van der Waals surface area contributed by atoms with E-state index in [-0.39, 0.29) is 23.9 Å². The van der Waals surface area contributed by atoms with Crippen LogP contribution in [0.25, 0.3) is 0 Å². The standard InChI is InChI=1S/C24H31N5O7/c1-6-26-21(31)17-11-27-19(14(17)4)20(25)28-18-10-16(9-8-13(18)3)22(32)29(7-2)24(34)36-12-35-23(33)15(5)30/h8-11,15,27,30H,6-7,12H2,1-5H3,(H2,25,28)(H,26,31). The number of nitrogens with one attached hydrogen (secondary N) is 2. The number of benzene rings is 1. The predicted octanol–water partition coefficient (Wildman–Crippen LogP) is 1.90. The number of amides is 3. The van der Waals surface area contributed by atoms with Gasteiger partial charge in [0, 0.05) is 24.8 Å². The first-order valence-electron chi connectivity index (χ1n) is 11.3. The van der Waals surface area contributed by atoms with E-state index < -0.39 is 30.9 Å². The van der Waals surface area contributed by atoms with Gasteiger partial charge in [0.15, 0.2) is 0 Å². The summed E-state index contributed by atoms with van der Waals surface area (Å²) < 4.78 is 9.40. The van der Waals surface area contributed by atoms with E-state index in [0.717, 1.165) is 10.5 Å². The number of nitrogens with two attached hydrogens (primary N) is 1. The van der Waals surface area contributed by atoms with Crippen molar-refractivity contribution in [1.29, 1.82) is 0 Å². The van der Waals surface area contributed by atoms with E-state index in [9.17, 15) is 19.2 Å². The largest absolute Gasteiger partial charge is 0.426 e. The third-order valence-corrected chi connectivity index (χ3v) is 5.18. The molecule has 2 aromatic rings. The Morgan fingerprint density at radius 2 is 1.89 bits per heavy atom. The minimum Gasteiger partial charge on any atom is -0.426 e. The number of amidine groups is 1. The molecule has 0 aliphatic rings. The highest BCUT2D eigenvalue weighted by Crippen LogP contribution is 2.23. The molecule has 5 N–H and O–H groups in total. The van der Waals surface area contributed by atoms with Crippen molar-refractivity contribution < 1.29 is 33.8 Å². The summed E-state index contributed by atoms with van der Waals surface area (Å²) in [6.45, 7) is 7.85. The molecule has 194 valence electrons. The molecule has 0 spiro atoms. The topological polar surface area (TPSA) is 176 Å². The van der Waals surface area contributed by atoms with Crippen molar-refractivity contribution in [3.8, 4) is 0 Å². The fourth-order valence-corrected chi connectivity index (χ4v) is 3.15. The molecule has 0 radical (unpaired) electrons. The summed E-state index contributed by atoms with van der Waals surface area (Å²) in [6, 6.07) is 4.67. The zero-order valence-electron chi connectivity index (χ0n) is 20.9. The molecule has 12 nitrogen and oxygen atoms in total. The summed E-state index contributed by atoms with van der Waals surface area (Å²) >= 11 is 0. The van der Waals surface area contributed by atoms with Crippen molar-refractivity contribution in [2.75, 3.05) is 19.9 Å². The molecule has 12 heteroatoms. The summed E-state index contributed by atoms with van der Waals surface area (Å²) in [4.78, 5) is 57.0. The number of imide groups is 1. The van der Waals surface area contributed by atoms with Crippen LogP contribution in [0.3, 0.4) is 0 Å². The lowest BCUT2D eigenvalue weighted by Gasteiger charge is -2.19. The molecule has 3 amide bonds. The number of aliphatic hydroxyl groups excluding tert-OH is 1. The van der Waals surface area contributed by atoms with Gasteiger partial charge in [0.1, 0.15) is 11.9 Å². The Morgan fingerprint density at radius 1 is 1.19 bits per heavy atom. The number of aromatic nitrogens is 1. The Labute approximate surface area is 208 Å². The van der Waals surface area contributed by atoms with Gasteiger partial charge in [-0.1, -0.05) is 6.07 Å². The van der Waals surface area contributed by atoms with Crippen LogP contribution in [0.5, 0.6) is 0 Å². The first-order chi connectivity index (χ1) is 17.0. The van der Waals surface area contributed by atoms with Crippen LogP contribution in [0.15, 0.2) is 29.4 Å². The smallest absolute Gasteiger partial charge is 0.419 e. The molecule has 0 aliphatic heterocycles. The van der Waals surface area contributed by atoms with Crippen LogP contribution in [-0.4, -0.2) is 70.7 Å². The monoisotopic (exact) mass is 501 g/mol. The highest BCUT2D eigenvalue weighted by Gasteiger charge is 2.24. The molecule has 1 aromatic carbocycles. The minimum atomic E-state index is -1.37. The van der Waals surface area contributed by atoms with Crippen LogP contribution in [-0.2, 0) is 14.3 Å². The molecular weight excluding hydrogens is 470 g/mol. The number of aliphatic hydroxyl groups is 1.